The van der Waals surface area contributed by atoms with E-state index in [1.165, 1.54) is 0 Å². The molecule has 1 aromatic carbocycles. The summed E-state index contributed by atoms with van der Waals surface area (Å²) in [6.45, 7) is 0.392. The van der Waals surface area contributed by atoms with Crippen LogP contribution in [0, 0.1) is 5.92 Å². The second-order valence-corrected chi connectivity index (χ2v) is 7.36. The minimum Gasteiger partial charge on any atom is -0.370 e. The maximum Gasteiger partial charge on any atom is 0.428 e. The second kappa shape index (κ2) is 8.04. The van der Waals surface area contributed by atoms with Gasteiger partial charge in [-0.15, -0.1) is 0 Å². The second-order valence-electron chi connectivity index (χ2n) is 7.36. The standard InChI is InChI=1S/C21H21F3N4O/c22-21(23,24)20(29)28-8-4-7-15(13-28)18-9-16(10-25-18)17-11-26-19(27-12-17)14-5-2-1-3-6-14/h1-3,5-6,10-12,15,20,29H,4,7-9,13H2. The van der Waals surface area contributed by atoms with Gasteiger partial charge in [0.25, 0.3) is 0 Å². The lowest BCUT2D eigenvalue weighted by Gasteiger charge is -2.36. The third-order valence-corrected chi connectivity index (χ3v) is 5.38. The van der Waals surface area contributed by atoms with Gasteiger partial charge in [0.05, 0.1) is 0 Å². The zero-order valence-electron chi connectivity index (χ0n) is 15.7. The Kier molecular flexibility index (Phi) is 5.47. The monoisotopic (exact) mass is 402 g/mol. The molecule has 0 aliphatic carbocycles. The van der Waals surface area contributed by atoms with E-state index >= 15 is 0 Å². The zero-order chi connectivity index (χ0) is 20.4. The fourth-order valence-electron chi connectivity index (χ4n) is 3.81. The maximum atomic E-state index is 12.8. The van der Waals surface area contributed by atoms with Gasteiger partial charge in [0, 0.05) is 60.9 Å². The van der Waals surface area contributed by atoms with Crippen LogP contribution in [-0.4, -0.2) is 51.2 Å². The molecule has 0 saturated carbocycles. The number of likely N-dealkylation sites (tertiary alicyclic amines) is 1. The SMILES string of the molecule is OC(N1CCCC(C2=NC=C(c3cnc(-c4ccccc4)nc3)C2)C1)C(F)(F)F. The number of aromatic nitrogens is 2. The van der Waals surface area contributed by atoms with E-state index in [9.17, 15) is 18.3 Å². The molecule has 1 fully saturated rings. The molecule has 0 radical (unpaired) electrons. The smallest absolute Gasteiger partial charge is 0.370 e. The number of rotatable bonds is 4. The average Bonchev–Trinajstić information content (AvgIpc) is 3.24. The lowest BCUT2D eigenvalue weighted by Crippen LogP contribution is -2.50. The van der Waals surface area contributed by atoms with Crippen molar-refractivity contribution in [3.8, 4) is 11.4 Å². The lowest BCUT2D eigenvalue weighted by molar-refractivity contribution is -0.253. The highest BCUT2D eigenvalue weighted by atomic mass is 19.4. The molecule has 4 rings (SSSR count). The molecule has 0 amide bonds. The van der Waals surface area contributed by atoms with Gasteiger partial charge in [0.15, 0.2) is 5.82 Å². The molecule has 3 heterocycles. The van der Waals surface area contributed by atoms with Gasteiger partial charge in [-0.3, -0.25) is 9.89 Å². The van der Waals surface area contributed by atoms with Crippen LogP contribution < -0.4 is 0 Å². The van der Waals surface area contributed by atoms with Crippen LogP contribution in [0.15, 0.2) is 53.9 Å². The van der Waals surface area contributed by atoms with Crippen LogP contribution in [0.3, 0.4) is 0 Å². The fourth-order valence-corrected chi connectivity index (χ4v) is 3.81. The molecule has 2 aliphatic heterocycles. The Morgan fingerprint density at radius 3 is 2.48 bits per heavy atom. The van der Waals surface area contributed by atoms with Gasteiger partial charge in [-0.05, 0) is 18.4 Å². The van der Waals surface area contributed by atoms with Crippen molar-refractivity contribution in [2.75, 3.05) is 13.1 Å². The summed E-state index contributed by atoms with van der Waals surface area (Å²) in [5.41, 5.74) is 3.59. The Bertz CT molecular complexity index is 910. The van der Waals surface area contributed by atoms with Crippen molar-refractivity contribution < 1.29 is 18.3 Å². The quantitative estimate of drug-likeness (QED) is 0.842. The molecular formula is C21H21F3N4O. The number of nitrogens with zero attached hydrogens (tertiary/aromatic N) is 4. The number of halogens is 3. The minimum absolute atomic E-state index is 0.0981. The van der Waals surface area contributed by atoms with Gasteiger partial charge < -0.3 is 5.11 Å². The first-order valence-corrected chi connectivity index (χ1v) is 9.54. The molecular weight excluding hydrogens is 381 g/mol. The van der Waals surface area contributed by atoms with Gasteiger partial charge in [0.2, 0.25) is 6.23 Å². The highest BCUT2D eigenvalue weighted by Crippen LogP contribution is 2.32. The summed E-state index contributed by atoms with van der Waals surface area (Å²) in [6, 6.07) is 9.66. The molecule has 2 aliphatic rings. The molecule has 1 saturated heterocycles. The topological polar surface area (TPSA) is 61.6 Å². The Morgan fingerprint density at radius 2 is 1.79 bits per heavy atom. The number of benzene rings is 1. The molecule has 2 aromatic rings. The summed E-state index contributed by atoms with van der Waals surface area (Å²) in [5, 5.41) is 9.55. The van der Waals surface area contributed by atoms with Crippen LogP contribution in [0.25, 0.3) is 17.0 Å². The Labute approximate surface area is 166 Å². The van der Waals surface area contributed by atoms with Crippen LogP contribution in [0.5, 0.6) is 0 Å². The number of aliphatic hydroxyl groups excluding tert-OH is 1. The van der Waals surface area contributed by atoms with E-state index in [0.717, 1.165) is 33.7 Å². The number of hydrogen-bond donors (Lipinski definition) is 1. The molecule has 152 valence electrons. The summed E-state index contributed by atoms with van der Waals surface area (Å²) >= 11 is 0. The maximum absolute atomic E-state index is 12.8. The first kappa shape index (κ1) is 19.7. The molecule has 0 bridgehead atoms. The van der Waals surface area contributed by atoms with Crippen molar-refractivity contribution >= 4 is 11.3 Å². The summed E-state index contributed by atoms with van der Waals surface area (Å²) in [5.74, 6) is 0.539. The lowest BCUT2D eigenvalue weighted by atomic mass is 9.89. The van der Waals surface area contributed by atoms with Crippen molar-refractivity contribution in [2.24, 2.45) is 10.9 Å². The van der Waals surface area contributed by atoms with E-state index in [4.69, 9.17) is 0 Å². The average molecular weight is 402 g/mol. The van der Waals surface area contributed by atoms with E-state index < -0.39 is 12.4 Å². The normalized spacial score (nSPS) is 21.6. The predicted octanol–water partition coefficient (Wildman–Crippen LogP) is 3.92. The summed E-state index contributed by atoms with van der Waals surface area (Å²) in [6.07, 6.45) is 0.120. The molecule has 8 heteroatoms. The van der Waals surface area contributed by atoms with E-state index in [2.05, 4.69) is 15.0 Å². The first-order chi connectivity index (χ1) is 13.9. The van der Waals surface area contributed by atoms with E-state index in [1.807, 2.05) is 30.3 Å². The predicted molar refractivity (Wildman–Crippen MR) is 104 cm³/mol. The Morgan fingerprint density at radius 1 is 1.07 bits per heavy atom. The minimum atomic E-state index is -4.64. The van der Waals surface area contributed by atoms with Crippen LogP contribution in [0.2, 0.25) is 0 Å². The highest BCUT2D eigenvalue weighted by molar-refractivity contribution is 5.99. The molecule has 1 aromatic heterocycles. The fraction of sp³-hybridized carbons (Fsp3) is 0.381. The van der Waals surface area contributed by atoms with Gasteiger partial charge in [0.1, 0.15) is 0 Å². The first-order valence-electron chi connectivity index (χ1n) is 9.54. The summed E-state index contributed by atoms with van der Waals surface area (Å²) in [7, 11) is 0. The molecule has 29 heavy (non-hydrogen) atoms. The van der Waals surface area contributed by atoms with Crippen LogP contribution in [-0.2, 0) is 0 Å². The van der Waals surface area contributed by atoms with E-state index in [1.54, 1.807) is 18.6 Å². The number of aliphatic imine (C=N–C) groups is 1. The summed E-state index contributed by atoms with van der Waals surface area (Å²) in [4.78, 5) is 14.4. The van der Waals surface area contributed by atoms with E-state index in [0.29, 0.717) is 18.7 Å². The number of aliphatic hydroxyl groups is 1. The number of hydrogen-bond acceptors (Lipinski definition) is 5. The molecule has 5 nitrogen and oxygen atoms in total. The molecule has 1 N–H and O–H groups in total. The van der Waals surface area contributed by atoms with Gasteiger partial charge >= 0.3 is 6.18 Å². The van der Waals surface area contributed by atoms with Crippen molar-refractivity contribution in [1.82, 2.24) is 14.9 Å². The largest absolute Gasteiger partial charge is 0.428 e. The zero-order valence-corrected chi connectivity index (χ0v) is 15.7. The van der Waals surface area contributed by atoms with Crippen LogP contribution >= 0.6 is 0 Å². The third-order valence-electron chi connectivity index (χ3n) is 5.38. The van der Waals surface area contributed by atoms with Gasteiger partial charge in [-0.25, -0.2) is 9.97 Å². The van der Waals surface area contributed by atoms with Crippen molar-refractivity contribution in [1.29, 1.82) is 0 Å². The third kappa shape index (κ3) is 4.38. The van der Waals surface area contributed by atoms with Crippen molar-refractivity contribution in [3.63, 3.8) is 0 Å². The number of alkyl halides is 3. The van der Waals surface area contributed by atoms with Crippen molar-refractivity contribution in [3.05, 3.63) is 54.5 Å². The van der Waals surface area contributed by atoms with Gasteiger partial charge in [-0.1, -0.05) is 30.3 Å². The Hall–Kier alpha value is -2.58. The number of piperidine rings is 1. The van der Waals surface area contributed by atoms with Gasteiger partial charge in [-0.2, -0.15) is 13.2 Å². The van der Waals surface area contributed by atoms with E-state index in [-0.39, 0.29) is 19.0 Å². The molecule has 2 atom stereocenters. The van der Waals surface area contributed by atoms with Crippen LogP contribution in [0.4, 0.5) is 13.2 Å². The highest BCUT2D eigenvalue weighted by Gasteiger charge is 2.44. The molecule has 0 spiro atoms. The molecule has 2 unspecified atom stereocenters. The summed E-state index contributed by atoms with van der Waals surface area (Å²) < 4.78 is 38.5. The van der Waals surface area contributed by atoms with Crippen LogP contribution in [0.1, 0.15) is 24.8 Å². The Balaban J connectivity index is 1.40. The number of allylic oxidation sites excluding steroid dienone is 1. The van der Waals surface area contributed by atoms with Crippen molar-refractivity contribution in [2.45, 2.75) is 31.7 Å².